The highest BCUT2D eigenvalue weighted by Crippen LogP contribution is 2.32. The number of carbonyl (C=O) groups is 1. The normalized spacial score (nSPS) is 13.1. The van der Waals surface area contributed by atoms with Crippen molar-refractivity contribution in [2.24, 2.45) is 0 Å². The van der Waals surface area contributed by atoms with Gasteiger partial charge in [0.25, 0.3) is 5.91 Å². The summed E-state index contributed by atoms with van der Waals surface area (Å²) in [5.41, 5.74) is 2.94. The molecule has 0 radical (unpaired) electrons. The minimum atomic E-state index is -0.116. The smallest absolute Gasteiger partial charge is 0.269 e. The summed E-state index contributed by atoms with van der Waals surface area (Å²) in [5, 5.41) is 4.50. The standard InChI is InChI=1S/C17H15N3OS2/c1-10-14(23-16(18-10)11-6-3-2-4-7-11)15(21)20-17-19-12-8-5-9-13(12)22-17/h2-4,6-7H,5,8-9H2,1H3,(H,19,20,21). The molecule has 1 aromatic carbocycles. The van der Waals surface area contributed by atoms with E-state index in [1.807, 2.05) is 37.3 Å². The molecule has 0 unspecified atom stereocenters. The minimum Gasteiger partial charge on any atom is -0.297 e. The van der Waals surface area contributed by atoms with Gasteiger partial charge < -0.3 is 0 Å². The number of nitrogens with one attached hydrogen (secondary N) is 1. The number of hydrogen-bond donors (Lipinski definition) is 1. The van der Waals surface area contributed by atoms with Crippen LogP contribution in [-0.4, -0.2) is 15.9 Å². The zero-order chi connectivity index (χ0) is 15.8. The predicted octanol–water partition coefficient (Wildman–Crippen LogP) is 4.32. The van der Waals surface area contributed by atoms with Gasteiger partial charge in [-0.15, -0.1) is 22.7 Å². The van der Waals surface area contributed by atoms with Crippen molar-refractivity contribution in [1.29, 1.82) is 0 Å². The number of anilines is 1. The highest BCUT2D eigenvalue weighted by atomic mass is 32.1. The lowest BCUT2D eigenvalue weighted by Crippen LogP contribution is -2.11. The molecule has 0 fully saturated rings. The molecule has 1 amide bonds. The van der Waals surface area contributed by atoms with Crippen molar-refractivity contribution >= 4 is 33.7 Å². The number of carbonyl (C=O) groups excluding carboxylic acids is 1. The van der Waals surface area contributed by atoms with E-state index in [1.165, 1.54) is 22.6 Å². The number of benzene rings is 1. The number of fused-ring (bicyclic) bond motifs is 1. The van der Waals surface area contributed by atoms with Crippen LogP contribution >= 0.6 is 22.7 Å². The SMILES string of the molecule is Cc1nc(-c2ccccc2)sc1C(=O)Nc1nc2c(s1)CCC2. The van der Waals surface area contributed by atoms with Crippen molar-refractivity contribution in [3.05, 3.63) is 51.5 Å². The molecule has 0 spiro atoms. The molecule has 0 bridgehead atoms. The first-order valence-electron chi connectivity index (χ1n) is 7.53. The van der Waals surface area contributed by atoms with Crippen LogP contribution < -0.4 is 5.32 Å². The van der Waals surface area contributed by atoms with Crippen molar-refractivity contribution in [2.75, 3.05) is 5.32 Å². The van der Waals surface area contributed by atoms with Crippen molar-refractivity contribution < 1.29 is 4.79 Å². The Labute approximate surface area is 142 Å². The summed E-state index contributed by atoms with van der Waals surface area (Å²) in [6.45, 7) is 1.87. The summed E-state index contributed by atoms with van der Waals surface area (Å²) >= 11 is 3.02. The lowest BCUT2D eigenvalue weighted by Gasteiger charge is -1.99. The monoisotopic (exact) mass is 341 g/mol. The average Bonchev–Trinajstić information content (AvgIpc) is 3.22. The maximum Gasteiger partial charge on any atom is 0.269 e. The van der Waals surface area contributed by atoms with Gasteiger partial charge in [0.05, 0.1) is 11.4 Å². The van der Waals surface area contributed by atoms with Crippen LogP contribution in [0.2, 0.25) is 0 Å². The summed E-state index contributed by atoms with van der Waals surface area (Å²) in [6.07, 6.45) is 3.29. The number of thiazole rings is 2. The van der Waals surface area contributed by atoms with Gasteiger partial charge >= 0.3 is 0 Å². The first-order valence-corrected chi connectivity index (χ1v) is 9.17. The van der Waals surface area contributed by atoms with Crippen LogP contribution in [0, 0.1) is 6.92 Å². The fourth-order valence-corrected chi connectivity index (χ4v) is 4.72. The van der Waals surface area contributed by atoms with Crippen LogP contribution in [-0.2, 0) is 12.8 Å². The summed E-state index contributed by atoms with van der Waals surface area (Å²) < 4.78 is 0. The third-order valence-corrected chi connectivity index (χ3v) is 6.12. The molecule has 4 nitrogen and oxygen atoms in total. The van der Waals surface area contributed by atoms with Gasteiger partial charge in [0, 0.05) is 10.4 Å². The molecular weight excluding hydrogens is 326 g/mol. The van der Waals surface area contributed by atoms with Gasteiger partial charge in [-0.05, 0) is 26.2 Å². The lowest BCUT2D eigenvalue weighted by molar-refractivity contribution is 0.103. The molecule has 2 heterocycles. The van der Waals surface area contributed by atoms with Gasteiger partial charge in [-0.1, -0.05) is 30.3 Å². The van der Waals surface area contributed by atoms with Gasteiger partial charge in [0.15, 0.2) is 5.13 Å². The quantitative estimate of drug-likeness (QED) is 0.772. The highest BCUT2D eigenvalue weighted by Gasteiger charge is 2.20. The van der Waals surface area contributed by atoms with Crippen LogP contribution in [0.5, 0.6) is 0 Å². The van der Waals surface area contributed by atoms with E-state index < -0.39 is 0 Å². The zero-order valence-corrected chi connectivity index (χ0v) is 14.3. The van der Waals surface area contributed by atoms with Crippen molar-refractivity contribution in [3.63, 3.8) is 0 Å². The number of rotatable bonds is 3. The van der Waals surface area contributed by atoms with Crippen molar-refractivity contribution in [1.82, 2.24) is 9.97 Å². The van der Waals surface area contributed by atoms with Crippen molar-refractivity contribution in [2.45, 2.75) is 26.2 Å². The van der Waals surface area contributed by atoms with E-state index in [1.54, 1.807) is 11.3 Å². The van der Waals surface area contributed by atoms with Gasteiger partial charge in [0.1, 0.15) is 9.88 Å². The second-order valence-electron chi connectivity index (χ2n) is 5.50. The van der Waals surface area contributed by atoms with Crippen LogP contribution in [0.25, 0.3) is 10.6 Å². The van der Waals surface area contributed by atoms with E-state index in [0.29, 0.717) is 10.0 Å². The Morgan fingerprint density at radius 1 is 1.13 bits per heavy atom. The Morgan fingerprint density at radius 3 is 2.74 bits per heavy atom. The third kappa shape index (κ3) is 2.80. The second-order valence-corrected chi connectivity index (χ2v) is 7.58. The first kappa shape index (κ1) is 14.5. The number of aryl methyl sites for hydroxylation is 3. The third-order valence-electron chi connectivity index (χ3n) is 3.84. The van der Waals surface area contributed by atoms with Gasteiger partial charge in [-0.3, -0.25) is 10.1 Å². The zero-order valence-electron chi connectivity index (χ0n) is 12.6. The topological polar surface area (TPSA) is 54.9 Å². The molecule has 0 saturated heterocycles. The Morgan fingerprint density at radius 2 is 1.96 bits per heavy atom. The molecule has 6 heteroatoms. The molecule has 4 rings (SSSR count). The molecule has 1 aliphatic carbocycles. The number of hydrogen-bond acceptors (Lipinski definition) is 5. The molecule has 0 saturated carbocycles. The lowest BCUT2D eigenvalue weighted by atomic mass is 10.2. The van der Waals surface area contributed by atoms with E-state index in [0.717, 1.165) is 34.8 Å². The Balaban J connectivity index is 1.57. The fraction of sp³-hybridized carbons (Fsp3) is 0.235. The molecule has 23 heavy (non-hydrogen) atoms. The number of amides is 1. The van der Waals surface area contributed by atoms with Crippen molar-refractivity contribution in [3.8, 4) is 10.6 Å². The molecule has 116 valence electrons. The summed E-state index contributed by atoms with van der Waals surface area (Å²) in [4.78, 5) is 23.6. The number of aromatic nitrogens is 2. The van der Waals surface area contributed by atoms with Crippen LogP contribution in [0.4, 0.5) is 5.13 Å². The second kappa shape index (κ2) is 5.86. The van der Waals surface area contributed by atoms with E-state index in [9.17, 15) is 4.79 Å². The van der Waals surface area contributed by atoms with Crippen LogP contribution in [0.1, 0.15) is 32.4 Å². The summed E-state index contributed by atoms with van der Waals surface area (Å²) in [7, 11) is 0. The highest BCUT2D eigenvalue weighted by molar-refractivity contribution is 7.18. The molecule has 2 aromatic heterocycles. The molecule has 0 aliphatic heterocycles. The molecule has 1 aliphatic rings. The molecule has 3 aromatic rings. The molecular formula is C17H15N3OS2. The Bertz CT molecular complexity index is 846. The fourth-order valence-electron chi connectivity index (χ4n) is 2.71. The minimum absolute atomic E-state index is 0.116. The van der Waals surface area contributed by atoms with E-state index >= 15 is 0 Å². The maximum absolute atomic E-state index is 12.5. The van der Waals surface area contributed by atoms with Crippen LogP contribution in [0.3, 0.4) is 0 Å². The predicted molar refractivity (Wildman–Crippen MR) is 94.4 cm³/mol. The summed E-state index contributed by atoms with van der Waals surface area (Å²) in [6, 6.07) is 9.93. The van der Waals surface area contributed by atoms with Gasteiger partial charge in [-0.2, -0.15) is 0 Å². The van der Waals surface area contributed by atoms with E-state index in [2.05, 4.69) is 15.3 Å². The summed E-state index contributed by atoms with van der Waals surface area (Å²) in [5.74, 6) is -0.116. The Kier molecular flexibility index (Phi) is 3.71. The first-order chi connectivity index (χ1) is 11.2. The van der Waals surface area contributed by atoms with Gasteiger partial charge in [0.2, 0.25) is 0 Å². The molecule has 0 atom stereocenters. The Hall–Kier alpha value is -2.05. The average molecular weight is 341 g/mol. The number of nitrogens with zero attached hydrogens (tertiary/aromatic N) is 2. The molecule has 1 N–H and O–H groups in total. The van der Waals surface area contributed by atoms with Gasteiger partial charge in [-0.25, -0.2) is 9.97 Å². The largest absolute Gasteiger partial charge is 0.297 e. The van der Waals surface area contributed by atoms with E-state index in [-0.39, 0.29) is 5.91 Å². The van der Waals surface area contributed by atoms with E-state index in [4.69, 9.17) is 0 Å². The maximum atomic E-state index is 12.5. The van der Waals surface area contributed by atoms with Crippen LogP contribution in [0.15, 0.2) is 30.3 Å².